The number of nitrogens with zero attached hydrogens (tertiary/aromatic N) is 1. The molecule has 1 saturated heterocycles. The molecule has 3 aromatic rings. The van der Waals surface area contributed by atoms with Gasteiger partial charge in [-0.25, -0.2) is 0 Å². The molecule has 1 fully saturated rings. The number of benzene rings is 3. The van der Waals surface area contributed by atoms with E-state index in [0.29, 0.717) is 16.5 Å². The van der Waals surface area contributed by atoms with Crippen molar-refractivity contribution in [2.45, 2.75) is 12.3 Å². The van der Waals surface area contributed by atoms with Gasteiger partial charge in [-0.15, -0.1) is 11.8 Å². The third-order valence-corrected chi connectivity index (χ3v) is 6.26. The Hall–Kier alpha value is -2.96. The fourth-order valence-electron chi connectivity index (χ4n) is 3.41. The molecule has 158 valence electrons. The monoisotopic (exact) mass is 452 g/mol. The maximum Gasteiger partial charge on any atom is 0.262 e. The van der Waals surface area contributed by atoms with Gasteiger partial charge in [-0.1, -0.05) is 41.9 Å². The van der Waals surface area contributed by atoms with E-state index >= 15 is 0 Å². The predicted octanol–water partition coefficient (Wildman–Crippen LogP) is 5.44. The van der Waals surface area contributed by atoms with Gasteiger partial charge in [0.2, 0.25) is 5.91 Å². The molecular weight excluding hydrogens is 432 g/mol. The quantitative estimate of drug-likeness (QED) is 0.540. The van der Waals surface area contributed by atoms with Crippen molar-refractivity contribution in [3.05, 3.63) is 88.9 Å². The van der Waals surface area contributed by atoms with E-state index in [4.69, 9.17) is 16.3 Å². The van der Waals surface area contributed by atoms with Crippen molar-refractivity contribution < 1.29 is 14.3 Å². The van der Waals surface area contributed by atoms with Crippen LogP contribution in [0.2, 0.25) is 5.02 Å². The van der Waals surface area contributed by atoms with Crippen LogP contribution in [-0.4, -0.2) is 24.2 Å². The first-order chi connectivity index (χ1) is 15.0. The number of carbonyl (C=O) groups is 2. The molecular formula is C24H21ClN2O3S. The predicted molar refractivity (Wildman–Crippen MR) is 126 cm³/mol. The molecule has 31 heavy (non-hydrogen) atoms. The summed E-state index contributed by atoms with van der Waals surface area (Å²) in [6.07, 6.45) is 0. The molecule has 3 aromatic carbocycles. The van der Waals surface area contributed by atoms with Crippen molar-refractivity contribution in [1.82, 2.24) is 0 Å². The van der Waals surface area contributed by atoms with Gasteiger partial charge in [0.1, 0.15) is 11.1 Å². The highest BCUT2D eigenvalue weighted by molar-refractivity contribution is 8.00. The fourth-order valence-corrected chi connectivity index (χ4v) is 4.74. The first-order valence-electron chi connectivity index (χ1n) is 9.79. The van der Waals surface area contributed by atoms with Crippen molar-refractivity contribution in [1.29, 1.82) is 0 Å². The van der Waals surface area contributed by atoms with Crippen molar-refractivity contribution in [2.75, 3.05) is 22.6 Å². The number of thioether (sulfide) groups is 1. The minimum atomic E-state index is -0.246. The molecule has 0 saturated carbocycles. The average molecular weight is 453 g/mol. The minimum Gasteiger partial charge on any atom is -0.483 e. The lowest BCUT2D eigenvalue weighted by atomic mass is 10.1. The summed E-state index contributed by atoms with van der Waals surface area (Å²) in [6.45, 7) is 1.84. The van der Waals surface area contributed by atoms with Crippen LogP contribution in [0.3, 0.4) is 0 Å². The first kappa shape index (κ1) is 21.3. The van der Waals surface area contributed by atoms with Gasteiger partial charge >= 0.3 is 0 Å². The van der Waals surface area contributed by atoms with Gasteiger partial charge in [-0.3, -0.25) is 14.5 Å². The molecule has 0 aliphatic carbocycles. The van der Waals surface area contributed by atoms with Crippen molar-refractivity contribution in [2.24, 2.45) is 0 Å². The van der Waals surface area contributed by atoms with Crippen LogP contribution in [0.4, 0.5) is 11.4 Å². The summed E-state index contributed by atoms with van der Waals surface area (Å²) in [5.74, 6) is 0.720. The number of halogens is 1. The average Bonchev–Trinajstić information content (AvgIpc) is 3.14. The summed E-state index contributed by atoms with van der Waals surface area (Å²) >= 11 is 7.53. The van der Waals surface area contributed by atoms with Crippen LogP contribution < -0.4 is 15.0 Å². The van der Waals surface area contributed by atoms with Crippen LogP contribution >= 0.6 is 23.4 Å². The second-order valence-corrected chi connectivity index (χ2v) is 8.65. The molecule has 0 aromatic heterocycles. The van der Waals surface area contributed by atoms with Gasteiger partial charge in [0.25, 0.3) is 5.91 Å². The van der Waals surface area contributed by atoms with Gasteiger partial charge in [-0.05, 0) is 55.0 Å². The van der Waals surface area contributed by atoms with Crippen LogP contribution in [0.5, 0.6) is 5.75 Å². The number of para-hydroxylation sites is 1. The summed E-state index contributed by atoms with van der Waals surface area (Å²) < 4.78 is 5.87. The zero-order valence-electron chi connectivity index (χ0n) is 16.9. The molecule has 0 spiro atoms. The maximum atomic E-state index is 12.6. The number of amides is 2. The number of aryl methyl sites for hydroxylation is 1. The topological polar surface area (TPSA) is 58.6 Å². The standard InChI is InChI=1S/C24H21ClN2O3S/c1-16-5-4-6-18(13-16)26-22(28)14-30-21-8-3-2-7-20(21)24-27(23(29)15-31-24)19-11-9-17(25)10-12-19/h2-13,24H,14-15H2,1H3,(H,26,28)/t24-/m1/s1. The third-order valence-electron chi connectivity index (χ3n) is 4.82. The van der Waals surface area contributed by atoms with Crippen LogP contribution in [0.15, 0.2) is 72.8 Å². The lowest BCUT2D eigenvalue weighted by Gasteiger charge is -2.26. The van der Waals surface area contributed by atoms with Gasteiger partial charge in [0.15, 0.2) is 6.61 Å². The Morgan fingerprint density at radius 3 is 2.68 bits per heavy atom. The van der Waals surface area contributed by atoms with E-state index in [1.807, 2.05) is 67.6 Å². The van der Waals surface area contributed by atoms with E-state index in [9.17, 15) is 9.59 Å². The zero-order valence-corrected chi connectivity index (χ0v) is 18.5. The highest BCUT2D eigenvalue weighted by atomic mass is 35.5. The number of ether oxygens (including phenoxy) is 1. The largest absolute Gasteiger partial charge is 0.483 e. The lowest BCUT2D eigenvalue weighted by Crippen LogP contribution is -2.28. The van der Waals surface area contributed by atoms with E-state index in [1.165, 1.54) is 11.8 Å². The van der Waals surface area contributed by atoms with E-state index in [-0.39, 0.29) is 23.8 Å². The molecule has 1 aliphatic rings. The Balaban J connectivity index is 1.50. The third kappa shape index (κ3) is 5.03. The summed E-state index contributed by atoms with van der Waals surface area (Å²) in [4.78, 5) is 26.7. The van der Waals surface area contributed by atoms with Crippen LogP contribution in [0.1, 0.15) is 16.5 Å². The van der Waals surface area contributed by atoms with Gasteiger partial charge in [0, 0.05) is 22.0 Å². The van der Waals surface area contributed by atoms with Gasteiger partial charge in [-0.2, -0.15) is 0 Å². The Bertz CT molecular complexity index is 1100. The molecule has 5 nitrogen and oxygen atoms in total. The summed E-state index contributed by atoms with van der Waals surface area (Å²) in [7, 11) is 0. The van der Waals surface area contributed by atoms with Gasteiger partial charge in [0.05, 0.1) is 5.75 Å². The SMILES string of the molecule is Cc1cccc(NC(=O)COc2ccccc2[C@H]2SCC(=O)N2c2ccc(Cl)cc2)c1. The highest BCUT2D eigenvalue weighted by Crippen LogP contribution is 2.44. The number of anilines is 2. The second kappa shape index (κ2) is 9.45. The van der Waals surface area contributed by atoms with E-state index in [0.717, 1.165) is 22.5 Å². The molecule has 2 amide bonds. The van der Waals surface area contributed by atoms with Crippen molar-refractivity contribution >= 4 is 46.6 Å². The van der Waals surface area contributed by atoms with Crippen LogP contribution in [-0.2, 0) is 9.59 Å². The molecule has 0 unspecified atom stereocenters. The lowest BCUT2D eigenvalue weighted by molar-refractivity contribution is -0.118. The Morgan fingerprint density at radius 1 is 1.13 bits per heavy atom. The van der Waals surface area contributed by atoms with Crippen LogP contribution in [0.25, 0.3) is 0 Å². The van der Waals surface area contributed by atoms with E-state index < -0.39 is 0 Å². The Morgan fingerprint density at radius 2 is 1.90 bits per heavy atom. The highest BCUT2D eigenvalue weighted by Gasteiger charge is 2.35. The maximum absolute atomic E-state index is 12.6. The van der Waals surface area contributed by atoms with Crippen molar-refractivity contribution in [3.8, 4) is 5.75 Å². The van der Waals surface area contributed by atoms with Crippen LogP contribution in [0, 0.1) is 6.92 Å². The minimum absolute atomic E-state index is 0.0179. The number of rotatable bonds is 6. The second-order valence-electron chi connectivity index (χ2n) is 7.15. The first-order valence-corrected chi connectivity index (χ1v) is 11.2. The van der Waals surface area contributed by atoms with Gasteiger partial charge < -0.3 is 10.1 Å². The van der Waals surface area contributed by atoms with E-state index in [1.54, 1.807) is 17.0 Å². The molecule has 0 bridgehead atoms. The summed E-state index contributed by atoms with van der Waals surface area (Å²) in [6, 6.07) is 22.3. The summed E-state index contributed by atoms with van der Waals surface area (Å²) in [5, 5.41) is 3.21. The fraction of sp³-hybridized carbons (Fsp3) is 0.167. The normalized spacial score (nSPS) is 15.7. The van der Waals surface area contributed by atoms with Crippen molar-refractivity contribution in [3.63, 3.8) is 0 Å². The Kier molecular flexibility index (Phi) is 6.49. The van der Waals surface area contributed by atoms with E-state index in [2.05, 4.69) is 5.32 Å². The molecule has 1 heterocycles. The molecule has 7 heteroatoms. The Labute approximate surface area is 190 Å². The molecule has 1 atom stereocenters. The number of carbonyl (C=O) groups excluding carboxylic acids is 2. The molecule has 4 rings (SSSR count). The molecule has 1 N–H and O–H groups in total. The number of hydrogen-bond donors (Lipinski definition) is 1. The number of hydrogen-bond acceptors (Lipinski definition) is 4. The zero-order chi connectivity index (χ0) is 21.8. The molecule has 0 radical (unpaired) electrons. The smallest absolute Gasteiger partial charge is 0.262 e. The molecule has 1 aliphatic heterocycles. The summed E-state index contributed by atoms with van der Waals surface area (Å²) in [5.41, 5.74) is 3.41. The number of nitrogens with one attached hydrogen (secondary N) is 1.